The molecule has 13 heavy (non-hydrogen) atoms. The first-order valence-corrected chi connectivity index (χ1v) is 3.34. The Balaban J connectivity index is 4.02. The molecule has 0 rings (SSSR count). The summed E-state index contributed by atoms with van der Waals surface area (Å²) in [6.07, 6.45) is -5.61. The molecule has 0 spiro atoms. The number of carbonyl (C=O) groups is 1. The van der Waals surface area contributed by atoms with Crippen LogP contribution in [0, 0.1) is 0 Å². The lowest BCUT2D eigenvalue weighted by molar-refractivity contribution is -0.137. The van der Waals surface area contributed by atoms with Gasteiger partial charge in [-0.05, 0) is 6.42 Å². The lowest BCUT2D eigenvalue weighted by Crippen LogP contribution is -2.26. The van der Waals surface area contributed by atoms with Crippen molar-refractivity contribution in [2.45, 2.75) is 25.2 Å². The molecule has 1 N–H and O–H groups in total. The van der Waals surface area contributed by atoms with Crippen molar-refractivity contribution >= 4 is 5.97 Å². The normalized spacial score (nSPS) is 11.8. The van der Waals surface area contributed by atoms with Crippen molar-refractivity contribution in [2.24, 2.45) is 0 Å². The monoisotopic (exact) mass is 200 g/mol. The molecule has 0 aromatic rings. The predicted molar refractivity (Wildman–Crippen MR) is 37.0 cm³/mol. The van der Waals surface area contributed by atoms with E-state index in [-0.39, 0.29) is 0 Å². The predicted octanol–water partition coefficient (Wildman–Crippen LogP) is 2.31. The zero-order chi connectivity index (χ0) is 10.6. The Kier molecular flexibility index (Phi) is 3.90. The summed E-state index contributed by atoms with van der Waals surface area (Å²) in [5.41, 5.74) is -0.500. The van der Waals surface area contributed by atoms with Gasteiger partial charge in [0.25, 0.3) is 0 Å². The fourth-order valence-electron chi connectivity index (χ4n) is 0.534. The Morgan fingerprint density at radius 3 is 2.23 bits per heavy atom. The van der Waals surface area contributed by atoms with E-state index in [0.29, 0.717) is 0 Å². The zero-order valence-corrected chi connectivity index (χ0v) is 6.57. The highest BCUT2D eigenvalue weighted by Gasteiger charge is 2.40. The van der Waals surface area contributed by atoms with E-state index >= 15 is 0 Å². The van der Waals surface area contributed by atoms with Gasteiger partial charge < -0.3 is 5.11 Å². The van der Waals surface area contributed by atoms with Crippen LogP contribution in [0.1, 0.15) is 12.8 Å². The smallest absolute Gasteiger partial charge is 0.330 e. The summed E-state index contributed by atoms with van der Waals surface area (Å²) >= 11 is 0. The third kappa shape index (κ3) is 3.91. The molecule has 0 amide bonds. The first-order valence-electron chi connectivity index (χ1n) is 3.34. The molecule has 76 valence electrons. The molecule has 2 nitrogen and oxygen atoms in total. The molecule has 0 bridgehead atoms. The number of aliphatic carboxylic acids is 1. The van der Waals surface area contributed by atoms with E-state index in [1.807, 2.05) is 0 Å². The molecule has 0 aliphatic carbocycles. The number of carboxylic acid groups (broad SMARTS) is 1. The first kappa shape index (κ1) is 11.9. The van der Waals surface area contributed by atoms with Gasteiger partial charge in [0.1, 0.15) is 0 Å². The number of hydrogen-bond donors (Lipinski definition) is 1. The van der Waals surface area contributed by atoms with Gasteiger partial charge in [-0.3, -0.25) is 0 Å². The first-order chi connectivity index (χ1) is 5.77. The summed E-state index contributed by atoms with van der Waals surface area (Å²) in [6.45, 7) is 2.94. The van der Waals surface area contributed by atoms with Gasteiger partial charge in [-0.2, -0.15) is 0 Å². The molecule has 0 saturated carbocycles. The maximum atomic E-state index is 12.2. The molecule has 0 radical (unpaired) electrons. The van der Waals surface area contributed by atoms with E-state index in [1.54, 1.807) is 0 Å². The number of carboxylic acids is 1. The van der Waals surface area contributed by atoms with Gasteiger partial charge >= 0.3 is 18.3 Å². The molecule has 0 aromatic carbocycles. The van der Waals surface area contributed by atoms with Crippen LogP contribution in [0.3, 0.4) is 0 Å². The van der Waals surface area contributed by atoms with Gasteiger partial charge in [0.05, 0.1) is 0 Å². The summed E-state index contributed by atoms with van der Waals surface area (Å²) in [6, 6.07) is 0. The second kappa shape index (κ2) is 4.25. The van der Waals surface area contributed by atoms with Crippen molar-refractivity contribution in [1.29, 1.82) is 0 Å². The van der Waals surface area contributed by atoms with Gasteiger partial charge in [-0.25, -0.2) is 22.4 Å². The van der Waals surface area contributed by atoms with Crippen molar-refractivity contribution < 1.29 is 27.5 Å². The minimum absolute atomic E-state index is 0.500. The topological polar surface area (TPSA) is 37.3 Å². The largest absolute Gasteiger partial charge is 0.478 e. The Labute approximate surface area is 71.9 Å². The van der Waals surface area contributed by atoms with Crippen molar-refractivity contribution in [3.63, 3.8) is 0 Å². The summed E-state index contributed by atoms with van der Waals surface area (Å²) in [5.74, 6) is -5.59. The maximum Gasteiger partial charge on any atom is 0.330 e. The molecule has 0 aliphatic heterocycles. The van der Waals surface area contributed by atoms with Crippen LogP contribution in [0.5, 0.6) is 0 Å². The second-order valence-electron chi connectivity index (χ2n) is 2.47. The highest BCUT2D eigenvalue weighted by molar-refractivity contribution is 5.85. The standard InChI is InChI=1S/C7H8F4O2/c1-4(5(12)13)2-3-7(10,11)6(8)9/h6H,1-3H2,(H,12,13). The fraction of sp³-hybridized carbons (Fsp3) is 0.571. The van der Waals surface area contributed by atoms with E-state index in [4.69, 9.17) is 5.11 Å². The van der Waals surface area contributed by atoms with Crippen LogP contribution in [0.15, 0.2) is 12.2 Å². The summed E-state index contributed by atoms with van der Waals surface area (Å²) in [4.78, 5) is 10.1. The van der Waals surface area contributed by atoms with Gasteiger partial charge in [0.2, 0.25) is 0 Å². The number of rotatable bonds is 5. The molecule has 0 aliphatic rings. The fourth-order valence-corrected chi connectivity index (χ4v) is 0.534. The molecular weight excluding hydrogens is 192 g/mol. The highest BCUT2D eigenvalue weighted by atomic mass is 19.3. The molecular formula is C7H8F4O2. The Bertz CT molecular complexity index is 213. The second-order valence-corrected chi connectivity index (χ2v) is 2.47. The van der Waals surface area contributed by atoms with E-state index < -0.39 is 36.7 Å². The van der Waals surface area contributed by atoms with Crippen LogP contribution in [0.2, 0.25) is 0 Å². The molecule has 0 fully saturated rings. The molecule has 6 heteroatoms. The van der Waals surface area contributed by atoms with E-state index in [2.05, 4.69) is 6.58 Å². The van der Waals surface area contributed by atoms with Gasteiger partial charge in [0, 0.05) is 12.0 Å². The Hall–Kier alpha value is -1.07. The third-order valence-electron chi connectivity index (χ3n) is 1.38. The number of halogens is 4. The summed E-state index contributed by atoms with van der Waals surface area (Å²) in [7, 11) is 0. The average molecular weight is 200 g/mol. The van der Waals surface area contributed by atoms with E-state index in [1.165, 1.54) is 0 Å². The van der Waals surface area contributed by atoms with Crippen molar-refractivity contribution in [3.8, 4) is 0 Å². The molecule has 0 heterocycles. The van der Waals surface area contributed by atoms with Crippen LogP contribution in [0.4, 0.5) is 17.6 Å². The van der Waals surface area contributed by atoms with Crippen molar-refractivity contribution in [2.75, 3.05) is 0 Å². The zero-order valence-electron chi connectivity index (χ0n) is 6.57. The summed E-state index contributed by atoms with van der Waals surface area (Å²) < 4.78 is 47.4. The molecule has 0 aromatic heterocycles. The lowest BCUT2D eigenvalue weighted by atomic mass is 10.1. The Morgan fingerprint density at radius 1 is 1.46 bits per heavy atom. The molecule has 0 unspecified atom stereocenters. The van der Waals surface area contributed by atoms with Crippen LogP contribution in [-0.4, -0.2) is 23.4 Å². The number of alkyl halides is 4. The maximum absolute atomic E-state index is 12.2. The van der Waals surface area contributed by atoms with Gasteiger partial charge in [-0.1, -0.05) is 6.58 Å². The summed E-state index contributed by atoms with van der Waals surface area (Å²) in [5, 5.41) is 8.19. The number of hydrogen-bond acceptors (Lipinski definition) is 1. The minimum atomic E-state index is -4.14. The van der Waals surface area contributed by atoms with Crippen LogP contribution >= 0.6 is 0 Å². The highest BCUT2D eigenvalue weighted by Crippen LogP contribution is 2.29. The Morgan fingerprint density at radius 2 is 1.92 bits per heavy atom. The van der Waals surface area contributed by atoms with Gasteiger partial charge in [-0.15, -0.1) is 0 Å². The van der Waals surface area contributed by atoms with Crippen LogP contribution in [-0.2, 0) is 4.79 Å². The quantitative estimate of drug-likeness (QED) is 0.546. The van der Waals surface area contributed by atoms with Crippen LogP contribution < -0.4 is 0 Å². The SMILES string of the molecule is C=C(CCC(F)(F)C(F)F)C(=O)O. The lowest BCUT2D eigenvalue weighted by Gasteiger charge is -2.14. The van der Waals surface area contributed by atoms with Crippen molar-refractivity contribution in [3.05, 3.63) is 12.2 Å². The molecule has 0 saturated heterocycles. The van der Waals surface area contributed by atoms with E-state index in [9.17, 15) is 22.4 Å². The van der Waals surface area contributed by atoms with Crippen LogP contribution in [0.25, 0.3) is 0 Å². The van der Waals surface area contributed by atoms with Crippen molar-refractivity contribution in [1.82, 2.24) is 0 Å². The molecule has 0 atom stereocenters. The van der Waals surface area contributed by atoms with E-state index in [0.717, 1.165) is 0 Å². The minimum Gasteiger partial charge on any atom is -0.478 e. The third-order valence-corrected chi connectivity index (χ3v) is 1.38. The van der Waals surface area contributed by atoms with Gasteiger partial charge in [0.15, 0.2) is 0 Å². The average Bonchev–Trinajstić information content (AvgIpc) is 1.99.